The Kier molecular flexibility index (Phi) is 3.45. The number of anilines is 1. The van der Waals surface area contributed by atoms with Crippen molar-refractivity contribution >= 4 is 33.1 Å². The van der Waals surface area contributed by atoms with Crippen molar-refractivity contribution in [3.05, 3.63) is 47.6 Å². The largest absolute Gasteiger partial charge is 0.465 e. The maximum Gasteiger partial charge on any atom is 0.348 e. The molecule has 0 fully saturated rings. The summed E-state index contributed by atoms with van der Waals surface area (Å²) in [5, 5.41) is 0.826. The summed E-state index contributed by atoms with van der Waals surface area (Å²) >= 11 is 1.32. The van der Waals surface area contributed by atoms with Crippen LogP contribution in [0.25, 0.3) is 10.1 Å². The molecule has 0 saturated heterocycles. The standard InChI is InChI=1S/C15H12N2O3S/c1-19-15(18)13-6-11-12(7-17-8-14(11)21-13)20-10-4-2-9(16)3-5-10/h2-8H,16H2,1H3. The molecule has 0 spiro atoms. The molecule has 0 aliphatic rings. The molecule has 5 nitrogen and oxygen atoms in total. The third kappa shape index (κ3) is 2.66. The van der Waals surface area contributed by atoms with Crippen LogP contribution in [0, 0.1) is 0 Å². The van der Waals surface area contributed by atoms with Crippen LogP contribution in [0.2, 0.25) is 0 Å². The van der Waals surface area contributed by atoms with Crippen molar-refractivity contribution in [2.75, 3.05) is 12.8 Å². The quantitative estimate of drug-likeness (QED) is 0.592. The lowest BCUT2D eigenvalue weighted by Gasteiger charge is -2.06. The Morgan fingerprint density at radius 2 is 2.00 bits per heavy atom. The Balaban J connectivity index is 2.00. The number of hydrogen-bond donors (Lipinski definition) is 1. The average Bonchev–Trinajstić information content (AvgIpc) is 2.94. The highest BCUT2D eigenvalue weighted by Crippen LogP contribution is 2.34. The van der Waals surface area contributed by atoms with Crippen molar-refractivity contribution in [2.24, 2.45) is 0 Å². The summed E-state index contributed by atoms with van der Waals surface area (Å²) in [5.41, 5.74) is 6.31. The van der Waals surface area contributed by atoms with E-state index in [4.69, 9.17) is 15.2 Å². The second-order valence-electron chi connectivity index (χ2n) is 4.32. The minimum atomic E-state index is -0.366. The number of thiophene rings is 1. The fourth-order valence-corrected chi connectivity index (χ4v) is 2.84. The number of ether oxygens (including phenoxy) is 2. The van der Waals surface area contributed by atoms with Gasteiger partial charge in [-0.3, -0.25) is 4.98 Å². The highest BCUT2D eigenvalue weighted by molar-refractivity contribution is 7.20. The van der Waals surface area contributed by atoms with Crippen molar-refractivity contribution in [2.45, 2.75) is 0 Å². The van der Waals surface area contributed by atoms with Crippen molar-refractivity contribution in [3.63, 3.8) is 0 Å². The molecule has 2 heterocycles. The summed E-state index contributed by atoms with van der Waals surface area (Å²) in [7, 11) is 1.36. The van der Waals surface area contributed by atoms with Crippen LogP contribution in [-0.2, 0) is 4.74 Å². The van der Waals surface area contributed by atoms with Gasteiger partial charge in [0.1, 0.15) is 10.6 Å². The summed E-state index contributed by atoms with van der Waals surface area (Å²) in [6.07, 6.45) is 3.31. The van der Waals surface area contributed by atoms with E-state index in [0.717, 1.165) is 10.1 Å². The van der Waals surface area contributed by atoms with E-state index in [2.05, 4.69) is 4.98 Å². The molecule has 0 bridgehead atoms. The van der Waals surface area contributed by atoms with E-state index >= 15 is 0 Å². The first kappa shape index (κ1) is 13.4. The molecule has 0 unspecified atom stereocenters. The number of rotatable bonds is 3. The molecule has 0 aliphatic heterocycles. The molecule has 0 aliphatic carbocycles. The summed E-state index contributed by atoms with van der Waals surface area (Å²) in [4.78, 5) is 16.3. The van der Waals surface area contributed by atoms with E-state index in [1.54, 1.807) is 42.7 Å². The number of pyridine rings is 1. The van der Waals surface area contributed by atoms with Gasteiger partial charge in [-0.15, -0.1) is 11.3 Å². The number of nitrogens with two attached hydrogens (primary N) is 1. The van der Waals surface area contributed by atoms with Crippen LogP contribution in [0.5, 0.6) is 11.5 Å². The number of aromatic nitrogens is 1. The first-order chi connectivity index (χ1) is 10.2. The number of esters is 1. The lowest BCUT2D eigenvalue weighted by Crippen LogP contribution is -1.96. The molecule has 3 aromatic rings. The zero-order valence-corrected chi connectivity index (χ0v) is 12.0. The van der Waals surface area contributed by atoms with Gasteiger partial charge in [-0.1, -0.05) is 0 Å². The normalized spacial score (nSPS) is 10.5. The van der Waals surface area contributed by atoms with Crippen LogP contribution in [0.1, 0.15) is 9.67 Å². The number of nitrogen functional groups attached to an aromatic ring is 1. The maximum atomic E-state index is 11.6. The Labute approximate surface area is 124 Å². The van der Waals surface area contributed by atoms with Crippen LogP contribution in [-0.4, -0.2) is 18.1 Å². The van der Waals surface area contributed by atoms with Gasteiger partial charge in [0, 0.05) is 17.3 Å². The van der Waals surface area contributed by atoms with Gasteiger partial charge in [0.15, 0.2) is 5.75 Å². The SMILES string of the molecule is COC(=O)c1cc2c(Oc3ccc(N)cc3)cncc2s1. The molecule has 21 heavy (non-hydrogen) atoms. The first-order valence-electron chi connectivity index (χ1n) is 6.16. The highest BCUT2D eigenvalue weighted by Gasteiger charge is 2.14. The van der Waals surface area contributed by atoms with E-state index < -0.39 is 0 Å². The van der Waals surface area contributed by atoms with Gasteiger partial charge in [-0.05, 0) is 30.3 Å². The number of hydrogen-bond acceptors (Lipinski definition) is 6. The molecular weight excluding hydrogens is 288 g/mol. The second kappa shape index (κ2) is 5.41. The fraction of sp³-hybridized carbons (Fsp3) is 0.0667. The Hall–Kier alpha value is -2.60. The highest BCUT2D eigenvalue weighted by atomic mass is 32.1. The molecule has 0 radical (unpaired) electrons. The molecular formula is C15H12N2O3S. The van der Waals surface area contributed by atoms with Gasteiger partial charge in [-0.25, -0.2) is 4.79 Å². The molecule has 0 atom stereocenters. The Bertz CT molecular complexity index is 796. The third-order valence-electron chi connectivity index (χ3n) is 2.90. The summed E-state index contributed by atoms with van der Waals surface area (Å²) < 4.78 is 11.4. The smallest absolute Gasteiger partial charge is 0.348 e. The summed E-state index contributed by atoms with van der Waals surface area (Å²) in [5.74, 6) is 0.877. The Morgan fingerprint density at radius 3 is 2.71 bits per heavy atom. The predicted octanol–water partition coefficient (Wildman–Crippen LogP) is 3.46. The van der Waals surface area contributed by atoms with E-state index in [1.807, 2.05) is 0 Å². The van der Waals surface area contributed by atoms with Gasteiger partial charge in [-0.2, -0.15) is 0 Å². The molecule has 2 aromatic heterocycles. The molecule has 3 rings (SSSR count). The molecule has 0 saturated carbocycles. The lowest BCUT2D eigenvalue weighted by molar-refractivity contribution is 0.0606. The van der Waals surface area contributed by atoms with E-state index in [-0.39, 0.29) is 5.97 Å². The average molecular weight is 300 g/mol. The van der Waals surface area contributed by atoms with Crippen LogP contribution in [0.4, 0.5) is 5.69 Å². The first-order valence-corrected chi connectivity index (χ1v) is 6.98. The van der Waals surface area contributed by atoms with E-state index in [0.29, 0.717) is 22.1 Å². The summed E-state index contributed by atoms with van der Waals surface area (Å²) in [6, 6.07) is 8.83. The number of carbonyl (C=O) groups excluding carboxylic acids is 1. The topological polar surface area (TPSA) is 74.4 Å². The van der Waals surface area contributed by atoms with E-state index in [1.165, 1.54) is 18.4 Å². The third-order valence-corrected chi connectivity index (χ3v) is 3.95. The number of benzene rings is 1. The van der Waals surface area contributed by atoms with Crippen LogP contribution in [0.3, 0.4) is 0 Å². The number of methoxy groups -OCH3 is 1. The summed E-state index contributed by atoms with van der Waals surface area (Å²) in [6.45, 7) is 0. The van der Waals surface area contributed by atoms with Crippen molar-refractivity contribution in [1.29, 1.82) is 0 Å². The number of fused-ring (bicyclic) bond motifs is 1. The number of carbonyl (C=O) groups is 1. The van der Waals surface area contributed by atoms with Crippen LogP contribution >= 0.6 is 11.3 Å². The molecule has 1 aromatic carbocycles. The lowest BCUT2D eigenvalue weighted by atomic mass is 10.2. The van der Waals surface area contributed by atoms with Crippen molar-refractivity contribution in [3.8, 4) is 11.5 Å². The monoisotopic (exact) mass is 300 g/mol. The second-order valence-corrected chi connectivity index (χ2v) is 5.41. The minimum Gasteiger partial charge on any atom is -0.465 e. The maximum absolute atomic E-state index is 11.6. The molecule has 0 amide bonds. The fourth-order valence-electron chi connectivity index (χ4n) is 1.88. The Morgan fingerprint density at radius 1 is 1.24 bits per heavy atom. The van der Waals surface area contributed by atoms with Gasteiger partial charge in [0.25, 0.3) is 0 Å². The number of nitrogens with zero attached hydrogens (tertiary/aromatic N) is 1. The van der Waals surface area contributed by atoms with Crippen molar-refractivity contribution in [1.82, 2.24) is 4.98 Å². The predicted molar refractivity (Wildman–Crippen MR) is 81.9 cm³/mol. The molecule has 6 heteroatoms. The zero-order chi connectivity index (χ0) is 14.8. The van der Waals surface area contributed by atoms with Crippen LogP contribution in [0.15, 0.2) is 42.7 Å². The zero-order valence-electron chi connectivity index (χ0n) is 11.2. The minimum absolute atomic E-state index is 0.366. The molecule has 2 N–H and O–H groups in total. The van der Waals surface area contributed by atoms with Gasteiger partial charge < -0.3 is 15.2 Å². The van der Waals surface area contributed by atoms with Crippen LogP contribution < -0.4 is 10.5 Å². The van der Waals surface area contributed by atoms with E-state index in [9.17, 15) is 4.79 Å². The van der Waals surface area contributed by atoms with Gasteiger partial charge in [0.05, 0.1) is 18.0 Å². The van der Waals surface area contributed by atoms with Gasteiger partial charge >= 0.3 is 5.97 Å². The van der Waals surface area contributed by atoms with Crippen molar-refractivity contribution < 1.29 is 14.3 Å². The molecule has 106 valence electrons. The van der Waals surface area contributed by atoms with Gasteiger partial charge in [0.2, 0.25) is 0 Å².